The average Bonchev–Trinajstić information content (AvgIpc) is 2.60. The van der Waals surface area contributed by atoms with E-state index in [1.54, 1.807) is 4.68 Å². The molecule has 1 heterocycles. The van der Waals surface area contributed by atoms with Gasteiger partial charge in [0.15, 0.2) is 0 Å². The van der Waals surface area contributed by atoms with Crippen molar-refractivity contribution in [3.63, 3.8) is 0 Å². The molecule has 0 aromatic carbocycles. The van der Waals surface area contributed by atoms with E-state index in [2.05, 4.69) is 5.10 Å². The summed E-state index contributed by atoms with van der Waals surface area (Å²) in [6.45, 7) is 14.0. The molecule has 13 heavy (non-hydrogen) atoms. The molecule has 0 saturated carbocycles. The van der Waals surface area contributed by atoms with Crippen molar-refractivity contribution in [3.05, 3.63) is 18.0 Å². The molecule has 0 fully saturated rings. The standard InChI is InChI=1S/C5H8N2.3C2H6/c1-5-3-6-7(2)4-5;3*1-2/h3-4H,1-2H3;3*1-2H3. The first-order valence-corrected chi connectivity index (χ1v) is 5.24. The summed E-state index contributed by atoms with van der Waals surface area (Å²) in [4.78, 5) is 0. The molecule has 80 valence electrons. The average molecular weight is 186 g/mol. The number of hydrogen-bond acceptors (Lipinski definition) is 1. The molecular weight excluding hydrogens is 160 g/mol. The Labute approximate surface area is 84.0 Å². The summed E-state index contributed by atoms with van der Waals surface area (Å²) in [5.74, 6) is 0. The summed E-state index contributed by atoms with van der Waals surface area (Å²) in [7, 11) is 1.91. The summed E-state index contributed by atoms with van der Waals surface area (Å²) in [5.41, 5.74) is 1.21. The smallest absolute Gasteiger partial charge is 0.0518 e. The van der Waals surface area contributed by atoms with E-state index in [0.29, 0.717) is 0 Å². The molecule has 0 radical (unpaired) electrons. The van der Waals surface area contributed by atoms with Gasteiger partial charge >= 0.3 is 0 Å². The van der Waals surface area contributed by atoms with Gasteiger partial charge in [0.1, 0.15) is 0 Å². The third kappa shape index (κ3) is 14.1. The van der Waals surface area contributed by atoms with Crippen LogP contribution in [0.5, 0.6) is 0 Å². The first-order chi connectivity index (χ1) is 6.29. The first-order valence-electron chi connectivity index (χ1n) is 5.24. The first kappa shape index (κ1) is 18.1. The van der Waals surface area contributed by atoms with Crippen molar-refractivity contribution in [2.75, 3.05) is 0 Å². The molecule has 0 unspecified atom stereocenters. The molecule has 1 aromatic rings. The molecule has 0 bridgehead atoms. The van der Waals surface area contributed by atoms with E-state index in [1.165, 1.54) is 5.56 Å². The van der Waals surface area contributed by atoms with E-state index in [0.717, 1.165) is 0 Å². The fourth-order valence-electron chi connectivity index (χ4n) is 0.544. The lowest BCUT2D eigenvalue weighted by atomic mass is 10.4. The van der Waals surface area contributed by atoms with Crippen molar-refractivity contribution in [1.82, 2.24) is 9.78 Å². The largest absolute Gasteiger partial charge is 0.276 e. The zero-order chi connectivity index (χ0) is 11.3. The van der Waals surface area contributed by atoms with Crippen LogP contribution < -0.4 is 0 Å². The Bertz CT molecular complexity index is 140. The maximum Gasteiger partial charge on any atom is 0.0518 e. The number of rotatable bonds is 0. The van der Waals surface area contributed by atoms with Gasteiger partial charge in [-0.3, -0.25) is 4.68 Å². The predicted molar refractivity (Wildman–Crippen MR) is 62.0 cm³/mol. The van der Waals surface area contributed by atoms with Crippen LogP contribution in [0, 0.1) is 6.92 Å². The van der Waals surface area contributed by atoms with Gasteiger partial charge in [0.25, 0.3) is 0 Å². The highest BCUT2D eigenvalue weighted by Gasteiger charge is 1.81. The second-order valence-electron chi connectivity index (χ2n) is 1.69. The van der Waals surface area contributed by atoms with Crippen molar-refractivity contribution in [2.24, 2.45) is 7.05 Å². The summed E-state index contributed by atoms with van der Waals surface area (Å²) in [6.07, 6.45) is 3.81. The predicted octanol–water partition coefficient (Wildman–Crippen LogP) is 3.81. The molecule has 0 spiro atoms. The molecule has 0 aliphatic rings. The van der Waals surface area contributed by atoms with Gasteiger partial charge in [-0.05, 0) is 12.5 Å². The fraction of sp³-hybridized carbons (Fsp3) is 0.727. The maximum absolute atomic E-state index is 3.93. The van der Waals surface area contributed by atoms with Crippen molar-refractivity contribution >= 4 is 0 Å². The summed E-state index contributed by atoms with van der Waals surface area (Å²) in [6, 6.07) is 0. The molecule has 1 aromatic heterocycles. The SMILES string of the molecule is CC.CC.CC.Cc1cnn(C)c1. The van der Waals surface area contributed by atoms with Crippen molar-refractivity contribution in [1.29, 1.82) is 0 Å². The van der Waals surface area contributed by atoms with Gasteiger partial charge < -0.3 is 0 Å². The van der Waals surface area contributed by atoms with Gasteiger partial charge in [0.05, 0.1) is 6.20 Å². The van der Waals surface area contributed by atoms with Crippen LogP contribution in [0.4, 0.5) is 0 Å². The summed E-state index contributed by atoms with van der Waals surface area (Å²) >= 11 is 0. The quantitative estimate of drug-likeness (QED) is 0.602. The third-order valence-corrected chi connectivity index (χ3v) is 0.834. The van der Waals surface area contributed by atoms with Crippen LogP contribution in [0.2, 0.25) is 0 Å². The molecule has 0 amide bonds. The lowest BCUT2D eigenvalue weighted by Crippen LogP contribution is -1.83. The fourth-order valence-corrected chi connectivity index (χ4v) is 0.544. The Morgan fingerprint density at radius 3 is 1.46 bits per heavy atom. The van der Waals surface area contributed by atoms with E-state index in [1.807, 2.05) is 67.9 Å². The number of nitrogens with zero attached hydrogens (tertiary/aromatic N) is 2. The number of aromatic nitrogens is 2. The van der Waals surface area contributed by atoms with E-state index >= 15 is 0 Å². The van der Waals surface area contributed by atoms with Gasteiger partial charge in [-0.1, -0.05) is 41.5 Å². The van der Waals surface area contributed by atoms with E-state index < -0.39 is 0 Å². The van der Waals surface area contributed by atoms with Crippen LogP contribution in [0.1, 0.15) is 47.1 Å². The highest BCUT2D eigenvalue weighted by molar-refractivity contribution is 4.98. The van der Waals surface area contributed by atoms with Gasteiger partial charge in [-0.25, -0.2) is 0 Å². The van der Waals surface area contributed by atoms with E-state index in [4.69, 9.17) is 0 Å². The normalized spacial score (nSPS) is 6.46. The second-order valence-corrected chi connectivity index (χ2v) is 1.69. The van der Waals surface area contributed by atoms with Crippen molar-refractivity contribution in [2.45, 2.75) is 48.5 Å². The second kappa shape index (κ2) is 17.3. The molecule has 1 rings (SSSR count). The lowest BCUT2D eigenvalue weighted by Gasteiger charge is -1.78. The monoisotopic (exact) mass is 186 g/mol. The van der Waals surface area contributed by atoms with Gasteiger partial charge in [0.2, 0.25) is 0 Å². The van der Waals surface area contributed by atoms with Crippen LogP contribution in [0.25, 0.3) is 0 Å². The van der Waals surface area contributed by atoms with Gasteiger partial charge in [-0.15, -0.1) is 0 Å². The molecule has 0 saturated heterocycles. The zero-order valence-electron chi connectivity index (χ0n) is 10.5. The summed E-state index contributed by atoms with van der Waals surface area (Å²) < 4.78 is 1.79. The third-order valence-electron chi connectivity index (χ3n) is 0.834. The molecule has 0 aliphatic carbocycles. The van der Waals surface area contributed by atoms with Crippen molar-refractivity contribution < 1.29 is 0 Å². The van der Waals surface area contributed by atoms with Crippen LogP contribution >= 0.6 is 0 Å². The Balaban J connectivity index is -0.000000144. The van der Waals surface area contributed by atoms with Crippen LogP contribution in [-0.2, 0) is 7.05 Å². The molecule has 0 N–H and O–H groups in total. The Morgan fingerprint density at radius 1 is 1.00 bits per heavy atom. The van der Waals surface area contributed by atoms with Crippen LogP contribution in [0.3, 0.4) is 0 Å². The minimum Gasteiger partial charge on any atom is -0.276 e. The van der Waals surface area contributed by atoms with E-state index in [9.17, 15) is 0 Å². The lowest BCUT2D eigenvalue weighted by molar-refractivity contribution is 0.767. The minimum atomic E-state index is 1.21. The van der Waals surface area contributed by atoms with Gasteiger partial charge in [0, 0.05) is 13.2 Å². The Kier molecular flexibility index (Phi) is 24.1. The molecule has 2 nitrogen and oxygen atoms in total. The van der Waals surface area contributed by atoms with Crippen LogP contribution in [0.15, 0.2) is 12.4 Å². The molecule has 0 aliphatic heterocycles. The number of aryl methyl sites for hydroxylation is 2. The van der Waals surface area contributed by atoms with Gasteiger partial charge in [-0.2, -0.15) is 5.10 Å². The highest BCUT2D eigenvalue weighted by atomic mass is 15.2. The highest BCUT2D eigenvalue weighted by Crippen LogP contribution is 1.88. The van der Waals surface area contributed by atoms with E-state index in [-0.39, 0.29) is 0 Å². The molecule has 0 atom stereocenters. The molecule has 2 heteroatoms. The molecular formula is C11H26N2. The van der Waals surface area contributed by atoms with Crippen LogP contribution in [-0.4, -0.2) is 9.78 Å². The zero-order valence-corrected chi connectivity index (χ0v) is 10.5. The Morgan fingerprint density at radius 2 is 1.38 bits per heavy atom. The number of hydrogen-bond donors (Lipinski definition) is 0. The summed E-state index contributed by atoms with van der Waals surface area (Å²) in [5, 5.41) is 3.93. The van der Waals surface area contributed by atoms with Crippen molar-refractivity contribution in [3.8, 4) is 0 Å². The maximum atomic E-state index is 3.93. The topological polar surface area (TPSA) is 17.8 Å². The Hall–Kier alpha value is -0.790. The minimum absolute atomic E-state index is 1.21.